The average molecular weight is 320 g/mol. The van der Waals surface area contributed by atoms with Crippen molar-refractivity contribution in [3.63, 3.8) is 0 Å². The molecular weight excluding hydrogens is 296 g/mol. The van der Waals surface area contributed by atoms with E-state index in [1.165, 1.54) is 16.8 Å². The van der Waals surface area contributed by atoms with Gasteiger partial charge in [0.25, 0.3) is 5.91 Å². The smallest absolute Gasteiger partial charge is 0.251 e. The van der Waals surface area contributed by atoms with Crippen LogP contribution in [0.25, 0.3) is 10.9 Å². The standard InChI is InChI=1S/C21H24N2O/c1-13-6-8-17(9-7-13)15(3)22-21(24)18-10-11-20-19(12-18)14(2)16(4)23(20)5/h6-12,15H,1-5H3,(H,22,24)/t15-/m1/s1. The van der Waals surface area contributed by atoms with Gasteiger partial charge in [0, 0.05) is 29.2 Å². The zero-order chi connectivity index (χ0) is 17.4. The molecule has 0 saturated heterocycles. The molecule has 0 unspecified atom stereocenters. The van der Waals surface area contributed by atoms with Crippen molar-refractivity contribution in [2.75, 3.05) is 0 Å². The molecule has 1 N–H and O–H groups in total. The Hall–Kier alpha value is -2.55. The fraction of sp³-hybridized carbons (Fsp3) is 0.286. The van der Waals surface area contributed by atoms with E-state index in [-0.39, 0.29) is 11.9 Å². The highest BCUT2D eigenvalue weighted by molar-refractivity contribution is 5.99. The second-order valence-electron chi connectivity index (χ2n) is 6.61. The van der Waals surface area contributed by atoms with Crippen molar-refractivity contribution in [2.45, 2.75) is 33.7 Å². The molecule has 0 aliphatic carbocycles. The summed E-state index contributed by atoms with van der Waals surface area (Å²) in [6, 6.07) is 14.2. The van der Waals surface area contributed by atoms with E-state index in [1.807, 2.05) is 25.1 Å². The molecule has 24 heavy (non-hydrogen) atoms. The van der Waals surface area contributed by atoms with Crippen molar-refractivity contribution in [3.8, 4) is 0 Å². The Labute approximate surface area is 143 Å². The van der Waals surface area contributed by atoms with Crippen LogP contribution >= 0.6 is 0 Å². The summed E-state index contributed by atoms with van der Waals surface area (Å²) in [7, 11) is 2.06. The Balaban J connectivity index is 1.86. The van der Waals surface area contributed by atoms with E-state index >= 15 is 0 Å². The first-order valence-corrected chi connectivity index (χ1v) is 8.31. The van der Waals surface area contributed by atoms with E-state index in [2.05, 4.69) is 62.0 Å². The molecule has 1 atom stereocenters. The van der Waals surface area contributed by atoms with E-state index in [0.29, 0.717) is 5.56 Å². The van der Waals surface area contributed by atoms with Gasteiger partial charge in [-0.1, -0.05) is 29.8 Å². The number of nitrogens with one attached hydrogen (secondary N) is 1. The van der Waals surface area contributed by atoms with Crippen molar-refractivity contribution >= 4 is 16.8 Å². The Morgan fingerprint density at radius 2 is 1.71 bits per heavy atom. The summed E-state index contributed by atoms with van der Waals surface area (Å²) in [5, 5.41) is 4.24. The fourth-order valence-corrected chi connectivity index (χ4v) is 3.12. The minimum Gasteiger partial charge on any atom is -0.348 e. The Bertz CT molecular complexity index is 904. The third-order valence-corrected chi connectivity index (χ3v) is 4.99. The van der Waals surface area contributed by atoms with Gasteiger partial charge in [0.15, 0.2) is 0 Å². The van der Waals surface area contributed by atoms with Gasteiger partial charge in [-0.25, -0.2) is 0 Å². The zero-order valence-electron chi connectivity index (χ0n) is 15.0. The number of carbonyl (C=O) groups excluding carboxylic acids is 1. The van der Waals surface area contributed by atoms with Gasteiger partial charge in [-0.3, -0.25) is 4.79 Å². The largest absolute Gasteiger partial charge is 0.348 e. The number of fused-ring (bicyclic) bond motifs is 1. The average Bonchev–Trinajstić information content (AvgIpc) is 2.79. The number of aryl methyl sites for hydroxylation is 3. The summed E-state index contributed by atoms with van der Waals surface area (Å²) >= 11 is 0. The van der Waals surface area contributed by atoms with Crippen molar-refractivity contribution < 1.29 is 4.79 Å². The monoisotopic (exact) mass is 320 g/mol. The van der Waals surface area contributed by atoms with Crippen molar-refractivity contribution in [2.24, 2.45) is 7.05 Å². The maximum Gasteiger partial charge on any atom is 0.251 e. The van der Waals surface area contributed by atoms with Gasteiger partial charge in [-0.05, 0) is 57.0 Å². The molecule has 1 amide bonds. The lowest BCUT2D eigenvalue weighted by Gasteiger charge is -2.15. The van der Waals surface area contributed by atoms with Gasteiger partial charge in [-0.2, -0.15) is 0 Å². The molecule has 0 bridgehead atoms. The number of hydrogen-bond donors (Lipinski definition) is 1. The number of hydrogen-bond acceptors (Lipinski definition) is 1. The number of aromatic nitrogens is 1. The van der Waals surface area contributed by atoms with Crippen LogP contribution in [-0.2, 0) is 7.05 Å². The van der Waals surface area contributed by atoms with E-state index in [1.54, 1.807) is 0 Å². The lowest BCUT2D eigenvalue weighted by molar-refractivity contribution is 0.0940. The first-order chi connectivity index (χ1) is 11.4. The molecular formula is C21H24N2O. The van der Waals surface area contributed by atoms with Crippen LogP contribution in [0.1, 0.15) is 45.7 Å². The van der Waals surface area contributed by atoms with Gasteiger partial charge in [0.05, 0.1) is 6.04 Å². The maximum absolute atomic E-state index is 12.6. The molecule has 0 fully saturated rings. The lowest BCUT2D eigenvalue weighted by Crippen LogP contribution is -2.26. The summed E-state index contributed by atoms with van der Waals surface area (Å²) in [5.41, 5.74) is 6.66. The van der Waals surface area contributed by atoms with Gasteiger partial charge in [0.2, 0.25) is 0 Å². The molecule has 0 radical (unpaired) electrons. The summed E-state index contributed by atoms with van der Waals surface area (Å²) in [4.78, 5) is 12.6. The van der Waals surface area contributed by atoms with Gasteiger partial charge in [-0.15, -0.1) is 0 Å². The van der Waals surface area contributed by atoms with Crippen LogP contribution in [0, 0.1) is 20.8 Å². The molecule has 3 aromatic rings. The third kappa shape index (κ3) is 2.82. The number of rotatable bonds is 3. The molecule has 3 heteroatoms. The molecule has 1 aromatic heterocycles. The molecule has 124 valence electrons. The molecule has 1 heterocycles. The van der Waals surface area contributed by atoms with E-state index in [9.17, 15) is 4.79 Å². The molecule has 0 aliphatic rings. The highest BCUT2D eigenvalue weighted by Crippen LogP contribution is 2.25. The Morgan fingerprint density at radius 3 is 2.38 bits per heavy atom. The van der Waals surface area contributed by atoms with Crippen molar-refractivity contribution in [3.05, 3.63) is 70.4 Å². The van der Waals surface area contributed by atoms with Crippen LogP contribution in [0.5, 0.6) is 0 Å². The third-order valence-electron chi connectivity index (χ3n) is 4.99. The van der Waals surface area contributed by atoms with Crippen LogP contribution in [0.2, 0.25) is 0 Å². The minimum absolute atomic E-state index is 0.0209. The lowest BCUT2D eigenvalue weighted by atomic mass is 10.1. The van der Waals surface area contributed by atoms with Crippen LogP contribution in [0.4, 0.5) is 0 Å². The molecule has 2 aromatic carbocycles. The molecule has 3 rings (SSSR count). The van der Waals surface area contributed by atoms with Crippen LogP contribution < -0.4 is 5.32 Å². The molecule has 0 saturated carbocycles. The Morgan fingerprint density at radius 1 is 1.04 bits per heavy atom. The maximum atomic E-state index is 12.6. The summed E-state index contributed by atoms with van der Waals surface area (Å²) < 4.78 is 2.17. The SMILES string of the molecule is Cc1ccc([C@@H](C)NC(=O)c2ccc3c(c2)c(C)c(C)n3C)cc1. The predicted octanol–water partition coefficient (Wildman–Crippen LogP) is 4.59. The van der Waals surface area contributed by atoms with Gasteiger partial charge >= 0.3 is 0 Å². The second kappa shape index (κ2) is 6.16. The summed E-state index contributed by atoms with van der Waals surface area (Å²) in [5.74, 6) is -0.0362. The minimum atomic E-state index is -0.0362. The van der Waals surface area contributed by atoms with Crippen LogP contribution in [0.3, 0.4) is 0 Å². The van der Waals surface area contributed by atoms with E-state index < -0.39 is 0 Å². The van der Waals surface area contributed by atoms with Gasteiger partial charge < -0.3 is 9.88 Å². The number of carbonyl (C=O) groups is 1. The van der Waals surface area contributed by atoms with Gasteiger partial charge in [0.1, 0.15) is 0 Å². The summed E-state index contributed by atoms with van der Waals surface area (Å²) in [6.45, 7) is 8.29. The van der Waals surface area contributed by atoms with Crippen LogP contribution in [-0.4, -0.2) is 10.5 Å². The van der Waals surface area contributed by atoms with E-state index in [4.69, 9.17) is 0 Å². The zero-order valence-corrected chi connectivity index (χ0v) is 15.0. The van der Waals surface area contributed by atoms with Crippen molar-refractivity contribution in [1.82, 2.24) is 9.88 Å². The molecule has 0 spiro atoms. The fourth-order valence-electron chi connectivity index (χ4n) is 3.12. The second-order valence-corrected chi connectivity index (χ2v) is 6.61. The molecule has 3 nitrogen and oxygen atoms in total. The predicted molar refractivity (Wildman–Crippen MR) is 99.5 cm³/mol. The topological polar surface area (TPSA) is 34.0 Å². The van der Waals surface area contributed by atoms with Crippen molar-refractivity contribution in [1.29, 1.82) is 0 Å². The first kappa shape index (κ1) is 16.3. The highest BCUT2D eigenvalue weighted by atomic mass is 16.1. The number of nitrogens with zero attached hydrogens (tertiary/aromatic N) is 1. The number of benzene rings is 2. The quantitative estimate of drug-likeness (QED) is 0.752. The van der Waals surface area contributed by atoms with E-state index in [0.717, 1.165) is 16.5 Å². The Kier molecular flexibility index (Phi) is 4.18. The summed E-state index contributed by atoms with van der Waals surface area (Å²) in [6.07, 6.45) is 0. The first-order valence-electron chi connectivity index (χ1n) is 8.31. The van der Waals surface area contributed by atoms with Crippen LogP contribution in [0.15, 0.2) is 42.5 Å². The highest BCUT2D eigenvalue weighted by Gasteiger charge is 2.14. The molecule has 0 aliphatic heterocycles. The number of amides is 1. The normalized spacial score (nSPS) is 12.4.